The predicted molar refractivity (Wildman–Crippen MR) is 112 cm³/mol. The van der Waals surface area contributed by atoms with Crippen molar-refractivity contribution in [2.75, 3.05) is 62.3 Å². The van der Waals surface area contributed by atoms with E-state index in [0.717, 1.165) is 24.7 Å². The van der Waals surface area contributed by atoms with Crippen LogP contribution in [0.2, 0.25) is 0 Å². The highest BCUT2D eigenvalue weighted by Gasteiger charge is 2.30. The van der Waals surface area contributed by atoms with Gasteiger partial charge in [0.1, 0.15) is 31.2 Å². The minimum absolute atomic E-state index is 0.235. The fraction of sp³-hybridized carbons (Fsp3) is 0.500. The van der Waals surface area contributed by atoms with E-state index in [9.17, 15) is 8.42 Å². The fourth-order valence-corrected chi connectivity index (χ4v) is 5.56. The summed E-state index contributed by atoms with van der Waals surface area (Å²) in [7, 11) is -3.59. The number of benzene rings is 1. The van der Waals surface area contributed by atoms with Crippen molar-refractivity contribution in [3.05, 3.63) is 30.6 Å². The standard InChI is InChI=1S/C20H25N5O4S/c26-30(27,16-3-4-17-18(13-16)29-12-11-28-17)25-9-7-24(8-10-25)20-14-19(21-15-22-20)23-5-1-2-6-23/h3-4,13-15H,1-2,5-12H2. The van der Waals surface area contributed by atoms with Crippen LogP contribution in [0.1, 0.15) is 12.8 Å². The lowest BCUT2D eigenvalue weighted by Gasteiger charge is -2.35. The summed E-state index contributed by atoms with van der Waals surface area (Å²) in [4.78, 5) is 13.5. The Hall–Kier alpha value is -2.59. The Kier molecular flexibility index (Phi) is 5.11. The average Bonchev–Trinajstić information content (AvgIpc) is 3.34. The Bertz CT molecular complexity index is 1020. The van der Waals surface area contributed by atoms with E-state index in [4.69, 9.17) is 9.47 Å². The molecule has 9 nitrogen and oxygen atoms in total. The van der Waals surface area contributed by atoms with Crippen LogP contribution in [-0.4, -0.2) is 75.2 Å². The number of sulfonamides is 1. The van der Waals surface area contributed by atoms with Gasteiger partial charge >= 0.3 is 0 Å². The van der Waals surface area contributed by atoms with Gasteiger partial charge in [0.15, 0.2) is 11.5 Å². The van der Waals surface area contributed by atoms with Crippen LogP contribution in [0.3, 0.4) is 0 Å². The summed E-state index contributed by atoms with van der Waals surface area (Å²) >= 11 is 0. The number of hydrogen-bond acceptors (Lipinski definition) is 8. The Labute approximate surface area is 176 Å². The van der Waals surface area contributed by atoms with E-state index in [2.05, 4.69) is 19.8 Å². The van der Waals surface area contributed by atoms with Crippen LogP contribution in [0.25, 0.3) is 0 Å². The molecule has 0 aliphatic carbocycles. The fourth-order valence-electron chi connectivity index (χ4n) is 4.12. The van der Waals surface area contributed by atoms with Crippen molar-refractivity contribution in [3.8, 4) is 11.5 Å². The normalized spacial score (nSPS) is 19.9. The molecule has 0 unspecified atom stereocenters. The lowest BCUT2D eigenvalue weighted by Crippen LogP contribution is -2.49. The van der Waals surface area contributed by atoms with E-state index in [1.807, 2.05) is 6.07 Å². The van der Waals surface area contributed by atoms with Crippen LogP contribution in [0.15, 0.2) is 35.5 Å². The number of fused-ring (bicyclic) bond motifs is 1. The van der Waals surface area contributed by atoms with Crippen molar-refractivity contribution in [1.29, 1.82) is 0 Å². The molecule has 2 fully saturated rings. The first kappa shape index (κ1) is 19.4. The number of aromatic nitrogens is 2. The number of ether oxygens (including phenoxy) is 2. The molecule has 0 radical (unpaired) electrons. The molecule has 160 valence electrons. The highest BCUT2D eigenvalue weighted by atomic mass is 32.2. The van der Waals surface area contributed by atoms with Crippen molar-refractivity contribution in [2.24, 2.45) is 0 Å². The molecule has 0 amide bonds. The molecule has 10 heteroatoms. The van der Waals surface area contributed by atoms with E-state index in [1.165, 1.54) is 17.1 Å². The summed E-state index contributed by atoms with van der Waals surface area (Å²) in [5.41, 5.74) is 0. The second-order valence-electron chi connectivity index (χ2n) is 7.63. The van der Waals surface area contributed by atoms with Crippen LogP contribution < -0.4 is 19.3 Å². The van der Waals surface area contributed by atoms with Gasteiger partial charge in [-0.25, -0.2) is 18.4 Å². The molecule has 0 spiro atoms. The lowest BCUT2D eigenvalue weighted by molar-refractivity contribution is 0.171. The van der Waals surface area contributed by atoms with Gasteiger partial charge in [-0.3, -0.25) is 0 Å². The summed E-state index contributed by atoms with van der Waals surface area (Å²) in [6, 6.07) is 6.82. The Morgan fingerprint density at radius 1 is 0.767 bits per heavy atom. The highest BCUT2D eigenvalue weighted by molar-refractivity contribution is 7.89. The van der Waals surface area contributed by atoms with E-state index < -0.39 is 10.0 Å². The molecule has 5 rings (SSSR count). The number of hydrogen-bond donors (Lipinski definition) is 0. The minimum atomic E-state index is -3.59. The van der Waals surface area contributed by atoms with Crippen LogP contribution >= 0.6 is 0 Å². The van der Waals surface area contributed by atoms with Gasteiger partial charge < -0.3 is 19.3 Å². The van der Waals surface area contributed by atoms with E-state index in [1.54, 1.807) is 24.5 Å². The number of rotatable bonds is 4. The Morgan fingerprint density at radius 3 is 2.10 bits per heavy atom. The second kappa shape index (κ2) is 7.92. The predicted octanol–water partition coefficient (Wildman–Crippen LogP) is 1.36. The van der Waals surface area contributed by atoms with Gasteiger partial charge in [-0.1, -0.05) is 0 Å². The lowest BCUT2D eigenvalue weighted by atomic mass is 10.3. The highest BCUT2D eigenvalue weighted by Crippen LogP contribution is 2.33. The minimum Gasteiger partial charge on any atom is -0.486 e. The van der Waals surface area contributed by atoms with Crippen LogP contribution in [0.4, 0.5) is 11.6 Å². The molecule has 2 aromatic rings. The molecule has 0 N–H and O–H groups in total. The maximum atomic E-state index is 13.1. The molecule has 2 saturated heterocycles. The smallest absolute Gasteiger partial charge is 0.243 e. The summed E-state index contributed by atoms with van der Waals surface area (Å²) in [5, 5.41) is 0. The molecule has 0 atom stereocenters. The van der Waals surface area contributed by atoms with Crippen LogP contribution in [-0.2, 0) is 10.0 Å². The SMILES string of the molecule is O=S(=O)(c1ccc2c(c1)OCCO2)N1CCN(c2cc(N3CCCC3)ncn2)CC1. The summed E-state index contributed by atoms with van der Waals surface area (Å²) in [6.07, 6.45) is 3.98. The quantitative estimate of drug-likeness (QED) is 0.717. The van der Waals surface area contributed by atoms with Crippen molar-refractivity contribution < 1.29 is 17.9 Å². The van der Waals surface area contributed by atoms with Gasteiger partial charge in [-0.2, -0.15) is 4.31 Å². The van der Waals surface area contributed by atoms with Gasteiger partial charge in [0.25, 0.3) is 0 Å². The third-order valence-corrected chi connectivity index (χ3v) is 7.68. The van der Waals surface area contributed by atoms with Crippen molar-refractivity contribution in [3.63, 3.8) is 0 Å². The van der Waals surface area contributed by atoms with Gasteiger partial charge in [0.2, 0.25) is 10.0 Å². The van der Waals surface area contributed by atoms with Crippen molar-refractivity contribution in [2.45, 2.75) is 17.7 Å². The molecule has 0 saturated carbocycles. The van der Waals surface area contributed by atoms with Gasteiger partial charge in [0, 0.05) is 51.4 Å². The molecule has 3 aliphatic heterocycles. The first-order chi connectivity index (χ1) is 14.6. The molecule has 30 heavy (non-hydrogen) atoms. The molecule has 0 bridgehead atoms. The number of nitrogens with zero attached hydrogens (tertiary/aromatic N) is 5. The first-order valence-electron chi connectivity index (χ1n) is 10.3. The zero-order valence-electron chi connectivity index (χ0n) is 16.7. The van der Waals surface area contributed by atoms with Crippen LogP contribution in [0, 0.1) is 0 Å². The zero-order valence-corrected chi connectivity index (χ0v) is 17.6. The van der Waals surface area contributed by atoms with Gasteiger partial charge in [-0.05, 0) is 25.0 Å². The molecular weight excluding hydrogens is 406 g/mol. The van der Waals surface area contributed by atoms with Gasteiger partial charge in [0.05, 0.1) is 4.90 Å². The van der Waals surface area contributed by atoms with E-state index in [-0.39, 0.29) is 4.90 Å². The number of anilines is 2. The largest absolute Gasteiger partial charge is 0.486 e. The average molecular weight is 432 g/mol. The van der Waals surface area contributed by atoms with E-state index >= 15 is 0 Å². The Balaban J connectivity index is 1.28. The maximum Gasteiger partial charge on any atom is 0.243 e. The third-order valence-electron chi connectivity index (χ3n) is 5.78. The summed E-state index contributed by atoms with van der Waals surface area (Å²) in [5.74, 6) is 2.87. The monoisotopic (exact) mass is 431 g/mol. The molecule has 4 heterocycles. The Morgan fingerprint density at radius 2 is 1.40 bits per heavy atom. The first-order valence-corrected chi connectivity index (χ1v) is 11.8. The van der Waals surface area contributed by atoms with Crippen molar-refractivity contribution in [1.82, 2.24) is 14.3 Å². The molecular formula is C20H25N5O4S. The molecule has 1 aromatic heterocycles. The molecule has 1 aromatic carbocycles. The van der Waals surface area contributed by atoms with Gasteiger partial charge in [-0.15, -0.1) is 0 Å². The topological polar surface area (TPSA) is 88.1 Å². The summed E-state index contributed by atoms with van der Waals surface area (Å²) in [6.45, 7) is 4.92. The maximum absolute atomic E-state index is 13.1. The van der Waals surface area contributed by atoms with Crippen molar-refractivity contribution >= 4 is 21.7 Å². The third kappa shape index (κ3) is 3.65. The van der Waals surface area contributed by atoms with Crippen LogP contribution in [0.5, 0.6) is 11.5 Å². The zero-order chi connectivity index (χ0) is 20.6. The number of piperazine rings is 1. The molecule has 3 aliphatic rings. The second-order valence-corrected chi connectivity index (χ2v) is 9.56. The summed E-state index contributed by atoms with van der Waals surface area (Å²) < 4.78 is 38.8. The van der Waals surface area contributed by atoms with E-state index in [0.29, 0.717) is 50.9 Å².